The molecule has 0 aliphatic heterocycles. The number of hydrogen-bond donors (Lipinski definition) is 2. The van der Waals surface area contributed by atoms with Crippen LogP contribution in [0.1, 0.15) is 44.8 Å². The molecule has 1 heterocycles. The second-order valence-electron chi connectivity index (χ2n) is 5.32. The molecule has 0 amide bonds. The molecule has 0 saturated carbocycles. The van der Waals surface area contributed by atoms with E-state index >= 15 is 0 Å². The number of nitrogens with one attached hydrogen (secondary N) is 1. The lowest BCUT2D eigenvalue weighted by Crippen LogP contribution is -2.33. The van der Waals surface area contributed by atoms with Crippen LogP contribution in [-0.4, -0.2) is 24.0 Å². The first-order valence-electron chi connectivity index (χ1n) is 6.42. The van der Waals surface area contributed by atoms with Crippen molar-refractivity contribution in [3.8, 4) is 0 Å². The van der Waals surface area contributed by atoms with E-state index in [2.05, 4.69) is 48.4 Å². The van der Waals surface area contributed by atoms with Gasteiger partial charge in [0, 0.05) is 30.3 Å². The predicted molar refractivity (Wildman–Crippen MR) is 94.7 cm³/mol. The highest BCUT2D eigenvalue weighted by atomic mass is 127. The Balaban J connectivity index is 0.00000324. The number of hydrogen-bond acceptors (Lipinski definition) is 3. The molecule has 4 nitrogen and oxygen atoms in total. The Hall–Kier alpha value is -0.370. The van der Waals surface area contributed by atoms with E-state index in [1.165, 1.54) is 0 Å². The third-order valence-electron chi connectivity index (χ3n) is 2.47. The van der Waals surface area contributed by atoms with Crippen molar-refractivity contribution in [3.63, 3.8) is 0 Å². The molecule has 0 atom stereocenters. The van der Waals surface area contributed by atoms with E-state index in [9.17, 15) is 0 Å². The molecular formula is C13H25IN4S. The maximum absolute atomic E-state index is 5.72. The van der Waals surface area contributed by atoms with E-state index in [1.807, 2.05) is 0 Å². The highest BCUT2D eigenvalue weighted by molar-refractivity contribution is 14.0. The van der Waals surface area contributed by atoms with Gasteiger partial charge in [0.15, 0.2) is 5.96 Å². The van der Waals surface area contributed by atoms with E-state index in [-0.39, 0.29) is 29.4 Å². The second-order valence-corrected chi connectivity index (χ2v) is 6.26. The molecule has 0 unspecified atom stereocenters. The summed E-state index contributed by atoms with van der Waals surface area (Å²) in [5.41, 5.74) is 7.01. The minimum Gasteiger partial charge on any atom is -0.370 e. The van der Waals surface area contributed by atoms with Gasteiger partial charge in [-0.25, -0.2) is 4.98 Å². The number of aliphatic imine (C=N–C) groups is 1. The van der Waals surface area contributed by atoms with Crippen LogP contribution in [0.25, 0.3) is 0 Å². The van der Waals surface area contributed by atoms with Crippen molar-refractivity contribution in [2.24, 2.45) is 10.7 Å². The fraction of sp³-hybridized carbons (Fsp3) is 0.692. The molecule has 0 aromatic carbocycles. The smallest absolute Gasteiger partial charge is 0.188 e. The highest BCUT2D eigenvalue weighted by Crippen LogP contribution is 2.23. The normalized spacial score (nSPS) is 12.1. The molecule has 0 aliphatic rings. The fourth-order valence-corrected chi connectivity index (χ4v) is 2.38. The second kappa shape index (κ2) is 8.73. The van der Waals surface area contributed by atoms with Gasteiger partial charge >= 0.3 is 0 Å². The summed E-state index contributed by atoms with van der Waals surface area (Å²) in [6.07, 6.45) is 1.91. The van der Waals surface area contributed by atoms with Crippen molar-refractivity contribution in [1.82, 2.24) is 10.3 Å². The molecule has 6 heteroatoms. The average Bonchev–Trinajstić information content (AvgIpc) is 2.74. The Morgan fingerprint density at radius 3 is 2.68 bits per heavy atom. The van der Waals surface area contributed by atoms with E-state index in [4.69, 9.17) is 5.73 Å². The maximum Gasteiger partial charge on any atom is 0.188 e. The molecule has 110 valence electrons. The van der Waals surface area contributed by atoms with Gasteiger partial charge in [0.05, 0.1) is 10.7 Å². The first-order valence-corrected chi connectivity index (χ1v) is 7.30. The van der Waals surface area contributed by atoms with Crippen LogP contribution in [0.2, 0.25) is 0 Å². The van der Waals surface area contributed by atoms with Crippen molar-refractivity contribution in [2.75, 3.05) is 13.1 Å². The molecule has 19 heavy (non-hydrogen) atoms. The SMILES string of the molecule is CCCN=C(N)NCCc1nc(C(C)(C)C)cs1.I. The zero-order valence-corrected chi connectivity index (χ0v) is 15.3. The van der Waals surface area contributed by atoms with Gasteiger partial charge in [-0.2, -0.15) is 0 Å². The third kappa shape index (κ3) is 7.10. The summed E-state index contributed by atoms with van der Waals surface area (Å²) >= 11 is 1.71. The van der Waals surface area contributed by atoms with Gasteiger partial charge in [-0.1, -0.05) is 27.7 Å². The number of aromatic nitrogens is 1. The number of guanidine groups is 1. The Morgan fingerprint density at radius 1 is 1.47 bits per heavy atom. The van der Waals surface area contributed by atoms with Crippen LogP contribution in [0.5, 0.6) is 0 Å². The average molecular weight is 396 g/mol. The van der Waals surface area contributed by atoms with Crippen LogP contribution in [-0.2, 0) is 11.8 Å². The van der Waals surface area contributed by atoms with E-state index < -0.39 is 0 Å². The lowest BCUT2D eigenvalue weighted by molar-refractivity contribution is 0.570. The summed E-state index contributed by atoms with van der Waals surface area (Å²) in [6.45, 7) is 10.2. The summed E-state index contributed by atoms with van der Waals surface area (Å²) in [5, 5.41) is 6.40. The maximum atomic E-state index is 5.72. The van der Waals surface area contributed by atoms with Crippen molar-refractivity contribution in [2.45, 2.75) is 46.0 Å². The number of rotatable bonds is 5. The Morgan fingerprint density at radius 2 is 2.16 bits per heavy atom. The molecule has 0 fully saturated rings. The lowest BCUT2D eigenvalue weighted by Gasteiger charge is -2.14. The number of halogens is 1. The molecule has 3 N–H and O–H groups in total. The van der Waals surface area contributed by atoms with Crippen molar-refractivity contribution < 1.29 is 0 Å². The van der Waals surface area contributed by atoms with Gasteiger partial charge in [0.1, 0.15) is 0 Å². The molecule has 0 spiro atoms. The fourth-order valence-electron chi connectivity index (χ4n) is 1.36. The monoisotopic (exact) mass is 396 g/mol. The minimum atomic E-state index is 0. The molecular weight excluding hydrogens is 371 g/mol. The Bertz CT molecular complexity index is 396. The molecule has 0 bridgehead atoms. The third-order valence-corrected chi connectivity index (χ3v) is 3.38. The molecule has 0 aliphatic carbocycles. The quantitative estimate of drug-likeness (QED) is 0.457. The van der Waals surface area contributed by atoms with Gasteiger partial charge in [-0.05, 0) is 6.42 Å². The first kappa shape index (κ1) is 18.6. The molecule has 1 rings (SSSR count). The molecule has 0 saturated heterocycles. The zero-order chi connectivity index (χ0) is 13.6. The summed E-state index contributed by atoms with van der Waals surface area (Å²) < 4.78 is 0. The highest BCUT2D eigenvalue weighted by Gasteiger charge is 2.17. The van der Waals surface area contributed by atoms with E-state index in [0.717, 1.165) is 36.6 Å². The number of nitrogens with zero attached hydrogens (tertiary/aromatic N) is 2. The number of thiazole rings is 1. The van der Waals surface area contributed by atoms with Crippen molar-refractivity contribution in [3.05, 3.63) is 16.1 Å². The predicted octanol–water partition coefficient (Wildman–Crippen LogP) is 2.92. The van der Waals surface area contributed by atoms with Crippen LogP contribution in [0.4, 0.5) is 0 Å². The Labute approximate surface area is 137 Å². The van der Waals surface area contributed by atoms with Crippen molar-refractivity contribution in [1.29, 1.82) is 0 Å². The standard InChI is InChI=1S/C13H24N4S.HI/c1-5-7-15-12(14)16-8-6-11-17-10(9-18-11)13(2,3)4;/h9H,5-8H2,1-4H3,(H3,14,15,16);1H. The van der Waals surface area contributed by atoms with Crippen LogP contribution in [0.15, 0.2) is 10.4 Å². The first-order chi connectivity index (χ1) is 8.43. The van der Waals surface area contributed by atoms with Gasteiger partial charge in [0.25, 0.3) is 0 Å². The van der Waals surface area contributed by atoms with Crippen LogP contribution in [0.3, 0.4) is 0 Å². The summed E-state index contributed by atoms with van der Waals surface area (Å²) in [7, 11) is 0. The van der Waals surface area contributed by atoms with Crippen LogP contribution < -0.4 is 11.1 Å². The van der Waals surface area contributed by atoms with Crippen LogP contribution >= 0.6 is 35.3 Å². The summed E-state index contributed by atoms with van der Waals surface area (Å²) in [6, 6.07) is 0. The van der Waals surface area contributed by atoms with Gasteiger partial charge in [-0.3, -0.25) is 4.99 Å². The van der Waals surface area contributed by atoms with Gasteiger partial charge in [-0.15, -0.1) is 35.3 Å². The van der Waals surface area contributed by atoms with Gasteiger partial charge < -0.3 is 11.1 Å². The van der Waals surface area contributed by atoms with E-state index in [1.54, 1.807) is 11.3 Å². The lowest BCUT2D eigenvalue weighted by atomic mass is 9.93. The van der Waals surface area contributed by atoms with Gasteiger partial charge in [0.2, 0.25) is 0 Å². The summed E-state index contributed by atoms with van der Waals surface area (Å²) in [5.74, 6) is 0.532. The largest absolute Gasteiger partial charge is 0.370 e. The Kier molecular flexibility index (Phi) is 8.56. The summed E-state index contributed by atoms with van der Waals surface area (Å²) in [4.78, 5) is 8.82. The topological polar surface area (TPSA) is 63.3 Å². The number of nitrogens with two attached hydrogens (primary N) is 1. The minimum absolute atomic E-state index is 0. The molecule has 0 radical (unpaired) electrons. The zero-order valence-electron chi connectivity index (χ0n) is 12.2. The molecule has 1 aromatic heterocycles. The van der Waals surface area contributed by atoms with Crippen LogP contribution in [0, 0.1) is 0 Å². The van der Waals surface area contributed by atoms with E-state index in [0.29, 0.717) is 5.96 Å². The van der Waals surface area contributed by atoms with Crippen molar-refractivity contribution >= 4 is 41.3 Å². The molecule has 1 aromatic rings.